The van der Waals surface area contributed by atoms with Crippen molar-refractivity contribution in [3.05, 3.63) is 60.7 Å². The summed E-state index contributed by atoms with van der Waals surface area (Å²) in [6.07, 6.45) is 20.7. The summed E-state index contributed by atoms with van der Waals surface area (Å²) in [6.45, 7) is 12.9. The van der Waals surface area contributed by atoms with E-state index in [-0.39, 0.29) is 0 Å². The molecular formula is C42H63OP. The Kier molecular flexibility index (Phi) is 9.94. The molecule has 2 heteroatoms. The molecule has 4 aliphatic rings. The number of fused-ring (bicyclic) bond motifs is 5. The molecule has 4 fully saturated rings. The molecule has 4 aliphatic carbocycles. The van der Waals surface area contributed by atoms with Gasteiger partial charge in [0.05, 0.1) is 0 Å². The van der Waals surface area contributed by atoms with E-state index < -0.39 is 7.14 Å². The zero-order valence-corrected chi connectivity index (χ0v) is 29.7. The van der Waals surface area contributed by atoms with Crippen LogP contribution in [-0.2, 0) is 4.57 Å². The van der Waals surface area contributed by atoms with Crippen LogP contribution in [0.1, 0.15) is 125 Å². The third-order valence-corrected chi connectivity index (χ3v) is 17.6. The lowest BCUT2D eigenvalue weighted by molar-refractivity contribution is -0.121. The molecule has 9 atom stereocenters. The topological polar surface area (TPSA) is 17.1 Å². The van der Waals surface area contributed by atoms with E-state index in [0.717, 1.165) is 70.5 Å². The van der Waals surface area contributed by atoms with Crippen LogP contribution in [0.2, 0.25) is 0 Å². The first-order chi connectivity index (χ1) is 21.1. The molecule has 0 heterocycles. The first-order valence-corrected chi connectivity index (χ1v) is 20.7. The molecule has 0 spiro atoms. The summed E-state index contributed by atoms with van der Waals surface area (Å²) >= 11 is 0. The second-order valence-corrected chi connectivity index (χ2v) is 20.1. The summed E-state index contributed by atoms with van der Waals surface area (Å²) in [4.78, 5) is 0. The average Bonchev–Trinajstić information content (AvgIpc) is 3.39. The Bertz CT molecular complexity index is 1210. The Hall–Kier alpha value is -1.33. The van der Waals surface area contributed by atoms with Crippen molar-refractivity contribution in [1.29, 1.82) is 0 Å². The lowest BCUT2D eigenvalue weighted by Gasteiger charge is -2.61. The molecule has 4 saturated carbocycles. The molecule has 0 bridgehead atoms. The highest BCUT2D eigenvalue weighted by Crippen LogP contribution is 2.69. The molecule has 0 radical (unpaired) electrons. The molecule has 0 unspecified atom stereocenters. The first-order valence-electron chi connectivity index (χ1n) is 18.9. The fourth-order valence-corrected chi connectivity index (χ4v) is 14.7. The van der Waals surface area contributed by atoms with Gasteiger partial charge in [0.2, 0.25) is 0 Å². The molecule has 2 aromatic carbocycles. The molecule has 0 N–H and O–H groups in total. The third-order valence-electron chi connectivity index (χ3n) is 14.4. The minimum absolute atomic E-state index is 0.561. The van der Waals surface area contributed by atoms with Gasteiger partial charge in [0, 0.05) is 16.8 Å². The summed E-state index contributed by atoms with van der Waals surface area (Å²) in [5.41, 5.74) is 1.16. The molecule has 0 aliphatic heterocycles. The monoisotopic (exact) mass is 614 g/mol. The first kappa shape index (κ1) is 32.6. The third kappa shape index (κ3) is 6.19. The predicted molar refractivity (Wildman–Crippen MR) is 190 cm³/mol. The molecule has 242 valence electrons. The van der Waals surface area contributed by atoms with Crippen LogP contribution >= 0.6 is 7.14 Å². The molecule has 2 aromatic rings. The second-order valence-electron chi connectivity index (χ2n) is 17.1. The molecule has 6 rings (SSSR count). The minimum Gasteiger partial charge on any atom is -0.314 e. The van der Waals surface area contributed by atoms with Crippen molar-refractivity contribution >= 4 is 17.8 Å². The van der Waals surface area contributed by atoms with Crippen LogP contribution in [0.5, 0.6) is 0 Å². The van der Waals surface area contributed by atoms with Gasteiger partial charge >= 0.3 is 0 Å². The maximum absolute atomic E-state index is 14.6. The van der Waals surface area contributed by atoms with E-state index in [1.807, 2.05) is 12.1 Å². The van der Waals surface area contributed by atoms with E-state index >= 15 is 0 Å². The van der Waals surface area contributed by atoms with E-state index in [2.05, 4.69) is 83.1 Å². The lowest BCUT2D eigenvalue weighted by atomic mass is 9.44. The molecule has 0 saturated heterocycles. The van der Waals surface area contributed by atoms with Crippen molar-refractivity contribution in [2.24, 2.45) is 58.2 Å². The minimum atomic E-state index is -2.59. The smallest absolute Gasteiger partial charge is 0.143 e. The van der Waals surface area contributed by atoms with Crippen LogP contribution in [-0.4, -0.2) is 6.16 Å². The Labute approximate surface area is 271 Å². The summed E-state index contributed by atoms with van der Waals surface area (Å²) < 4.78 is 14.6. The highest BCUT2D eigenvalue weighted by Gasteiger charge is 2.60. The van der Waals surface area contributed by atoms with Gasteiger partial charge in [0.1, 0.15) is 7.14 Å². The van der Waals surface area contributed by atoms with Gasteiger partial charge in [-0.2, -0.15) is 0 Å². The molecule has 0 aromatic heterocycles. The van der Waals surface area contributed by atoms with Crippen molar-refractivity contribution in [2.45, 2.75) is 125 Å². The van der Waals surface area contributed by atoms with Crippen molar-refractivity contribution in [3.8, 4) is 0 Å². The van der Waals surface area contributed by atoms with Gasteiger partial charge in [-0.3, -0.25) is 0 Å². The van der Waals surface area contributed by atoms with Gasteiger partial charge in [-0.05, 0) is 129 Å². The normalized spacial score (nSPS) is 36.0. The standard InChI is InChI=1S/C42H63OP/c1-31(2)14-12-15-32(3)38-23-24-39-37-22-21-34-30-33(25-27-41(34,4)40(37)26-28-42(38,39)5)16-13-29-44(43,35-17-8-6-9-18-35)36-19-10-7-11-20-36/h6-11,17-20,31-34,37-40H,12-16,21-30H2,1-5H3/t32-,33+,34+,37+,38-,39+,40+,41+,42-/m1/s1. The summed E-state index contributed by atoms with van der Waals surface area (Å²) in [5, 5.41) is 2.06. The van der Waals surface area contributed by atoms with Crippen LogP contribution in [0.15, 0.2) is 60.7 Å². The van der Waals surface area contributed by atoms with Crippen LogP contribution < -0.4 is 10.6 Å². The Morgan fingerprint density at radius 2 is 1.36 bits per heavy atom. The Balaban J connectivity index is 1.07. The summed E-state index contributed by atoms with van der Waals surface area (Å²) in [5.74, 6) is 7.38. The fraction of sp³-hybridized carbons (Fsp3) is 0.714. The number of hydrogen-bond donors (Lipinski definition) is 0. The Morgan fingerprint density at radius 1 is 0.727 bits per heavy atom. The van der Waals surface area contributed by atoms with E-state index in [0.29, 0.717) is 10.8 Å². The maximum Gasteiger partial charge on any atom is 0.143 e. The zero-order chi connectivity index (χ0) is 31.0. The van der Waals surface area contributed by atoms with Crippen molar-refractivity contribution < 1.29 is 4.57 Å². The molecule has 0 amide bonds. The molecular weight excluding hydrogens is 551 g/mol. The van der Waals surface area contributed by atoms with Crippen LogP contribution in [0, 0.1) is 58.2 Å². The van der Waals surface area contributed by atoms with E-state index in [1.165, 1.54) is 83.5 Å². The molecule has 44 heavy (non-hydrogen) atoms. The quantitative estimate of drug-likeness (QED) is 0.230. The summed E-state index contributed by atoms with van der Waals surface area (Å²) in [7, 11) is -2.59. The molecule has 1 nitrogen and oxygen atoms in total. The largest absolute Gasteiger partial charge is 0.314 e. The van der Waals surface area contributed by atoms with Crippen LogP contribution in [0.3, 0.4) is 0 Å². The van der Waals surface area contributed by atoms with Crippen molar-refractivity contribution in [3.63, 3.8) is 0 Å². The SMILES string of the molecule is CC(C)CCC[C@@H](C)[C@H]1CC[C@H]2[C@@H]3CC[C@H]4C[C@@H](CCCP(=O)(c5ccccc5)c5ccccc5)CC[C@]4(C)[C@H]3CC[C@]12C. The average molecular weight is 615 g/mol. The van der Waals surface area contributed by atoms with E-state index in [9.17, 15) is 4.57 Å². The van der Waals surface area contributed by atoms with Crippen LogP contribution in [0.25, 0.3) is 0 Å². The number of rotatable bonds is 11. The highest BCUT2D eigenvalue weighted by molar-refractivity contribution is 7.78. The lowest BCUT2D eigenvalue weighted by Crippen LogP contribution is -2.53. The zero-order valence-electron chi connectivity index (χ0n) is 28.9. The van der Waals surface area contributed by atoms with Crippen LogP contribution in [0.4, 0.5) is 0 Å². The number of hydrogen-bond acceptors (Lipinski definition) is 1. The number of benzene rings is 2. The van der Waals surface area contributed by atoms with E-state index in [1.54, 1.807) is 0 Å². The predicted octanol–water partition coefficient (Wildman–Crippen LogP) is 11.5. The van der Waals surface area contributed by atoms with Gasteiger partial charge in [-0.1, -0.05) is 115 Å². The fourth-order valence-electron chi connectivity index (χ4n) is 12.0. The van der Waals surface area contributed by atoms with Gasteiger partial charge < -0.3 is 4.57 Å². The van der Waals surface area contributed by atoms with Crippen molar-refractivity contribution in [1.82, 2.24) is 0 Å². The second kappa shape index (κ2) is 13.4. The summed E-state index contributed by atoms with van der Waals surface area (Å²) in [6, 6.07) is 20.7. The van der Waals surface area contributed by atoms with Gasteiger partial charge in [0.25, 0.3) is 0 Å². The highest BCUT2D eigenvalue weighted by atomic mass is 31.2. The van der Waals surface area contributed by atoms with Gasteiger partial charge in [0.15, 0.2) is 0 Å². The van der Waals surface area contributed by atoms with E-state index in [4.69, 9.17) is 0 Å². The van der Waals surface area contributed by atoms with Gasteiger partial charge in [-0.25, -0.2) is 0 Å². The van der Waals surface area contributed by atoms with Crippen molar-refractivity contribution in [2.75, 3.05) is 6.16 Å². The Morgan fingerprint density at radius 3 is 2.02 bits per heavy atom. The maximum atomic E-state index is 14.6. The van der Waals surface area contributed by atoms with Gasteiger partial charge in [-0.15, -0.1) is 0 Å².